The molecule has 0 bridgehead atoms. The Morgan fingerprint density at radius 3 is 2.73 bits per heavy atom. The van der Waals surface area contributed by atoms with Crippen LogP contribution in [0.2, 0.25) is 0 Å². The largest absolute Gasteiger partial charge is 0.351 e. The van der Waals surface area contributed by atoms with Crippen molar-refractivity contribution in [3.05, 3.63) is 56.9 Å². The summed E-state index contributed by atoms with van der Waals surface area (Å²) in [7, 11) is 0. The van der Waals surface area contributed by atoms with Crippen LogP contribution in [0.15, 0.2) is 24.3 Å². The second kappa shape index (κ2) is 7.34. The molecule has 0 saturated carbocycles. The van der Waals surface area contributed by atoms with E-state index in [4.69, 9.17) is 0 Å². The number of fused-ring (bicyclic) bond motifs is 1. The maximum absolute atomic E-state index is 12.7. The van der Waals surface area contributed by atoms with Crippen LogP contribution in [0.1, 0.15) is 45.4 Å². The van der Waals surface area contributed by atoms with Gasteiger partial charge in [0.1, 0.15) is 0 Å². The number of H-pyrrole nitrogens is 1. The second-order valence-corrected chi connectivity index (χ2v) is 6.07. The van der Waals surface area contributed by atoms with Crippen LogP contribution < -0.4 is 5.32 Å². The van der Waals surface area contributed by atoms with Crippen molar-refractivity contribution in [1.29, 1.82) is 0 Å². The molecule has 1 aliphatic rings. The van der Waals surface area contributed by atoms with Gasteiger partial charge in [0.2, 0.25) is 0 Å². The van der Waals surface area contributed by atoms with Gasteiger partial charge in [-0.1, -0.05) is 6.92 Å². The minimum atomic E-state index is -0.506. The lowest BCUT2D eigenvalue weighted by molar-refractivity contribution is -0.384. The van der Waals surface area contributed by atoms with Crippen molar-refractivity contribution in [2.45, 2.75) is 26.3 Å². The maximum Gasteiger partial charge on any atom is 0.272 e. The summed E-state index contributed by atoms with van der Waals surface area (Å²) < 4.78 is 0. The first-order valence-electron chi connectivity index (χ1n) is 8.39. The summed E-state index contributed by atoms with van der Waals surface area (Å²) in [4.78, 5) is 36.8. The fourth-order valence-corrected chi connectivity index (χ4v) is 2.89. The molecule has 2 N–H and O–H groups in total. The number of carbonyl (C=O) groups excluding carboxylic acids is 2. The van der Waals surface area contributed by atoms with Crippen molar-refractivity contribution < 1.29 is 14.5 Å². The van der Waals surface area contributed by atoms with Crippen LogP contribution >= 0.6 is 0 Å². The SMILES string of the molecule is CCCNC(=O)c1n[nH]c2c1CN(C(=O)c1ccc([N+](=O)[O-])cc1)CC2. The number of amides is 2. The van der Waals surface area contributed by atoms with Crippen molar-refractivity contribution in [3.8, 4) is 0 Å². The fraction of sp³-hybridized carbons (Fsp3) is 0.353. The molecule has 0 aliphatic carbocycles. The summed E-state index contributed by atoms with van der Waals surface area (Å²) in [5, 5.41) is 20.5. The van der Waals surface area contributed by atoms with E-state index < -0.39 is 4.92 Å². The molecule has 2 aromatic rings. The van der Waals surface area contributed by atoms with Gasteiger partial charge in [-0.15, -0.1) is 0 Å². The summed E-state index contributed by atoms with van der Waals surface area (Å²) in [6.45, 7) is 3.29. The fourth-order valence-electron chi connectivity index (χ4n) is 2.89. The average molecular weight is 357 g/mol. The lowest BCUT2D eigenvalue weighted by atomic mass is 10.0. The number of aromatic nitrogens is 2. The minimum Gasteiger partial charge on any atom is -0.351 e. The van der Waals surface area contributed by atoms with Gasteiger partial charge < -0.3 is 10.2 Å². The van der Waals surface area contributed by atoms with E-state index in [1.165, 1.54) is 24.3 Å². The molecule has 2 amide bonds. The molecule has 3 rings (SSSR count). The molecule has 0 atom stereocenters. The van der Waals surface area contributed by atoms with E-state index in [0.29, 0.717) is 30.8 Å². The van der Waals surface area contributed by atoms with E-state index in [2.05, 4.69) is 15.5 Å². The van der Waals surface area contributed by atoms with Crippen LogP contribution in [-0.4, -0.2) is 44.9 Å². The number of rotatable bonds is 5. The summed E-state index contributed by atoms with van der Waals surface area (Å²) in [6, 6.07) is 5.51. The molecule has 2 heterocycles. The molecule has 0 spiro atoms. The van der Waals surface area contributed by atoms with Crippen molar-refractivity contribution in [3.63, 3.8) is 0 Å². The van der Waals surface area contributed by atoms with Gasteiger partial charge in [0.15, 0.2) is 5.69 Å². The van der Waals surface area contributed by atoms with Crippen LogP contribution in [0, 0.1) is 10.1 Å². The number of hydrogen-bond acceptors (Lipinski definition) is 5. The summed E-state index contributed by atoms with van der Waals surface area (Å²) in [6.07, 6.45) is 1.39. The van der Waals surface area contributed by atoms with Gasteiger partial charge in [-0.3, -0.25) is 24.8 Å². The van der Waals surface area contributed by atoms with Crippen molar-refractivity contribution in [2.75, 3.05) is 13.1 Å². The van der Waals surface area contributed by atoms with Gasteiger partial charge >= 0.3 is 0 Å². The number of nitrogens with zero attached hydrogens (tertiary/aromatic N) is 3. The molecule has 1 aromatic heterocycles. The van der Waals surface area contributed by atoms with Crippen molar-refractivity contribution in [2.24, 2.45) is 0 Å². The number of nitrogens with one attached hydrogen (secondary N) is 2. The molecule has 1 aliphatic heterocycles. The van der Waals surface area contributed by atoms with E-state index in [-0.39, 0.29) is 24.0 Å². The number of non-ortho nitro benzene ring substituents is 1. The predicted molar refractivity (Wildman–Crippen MR) is 92.8 cm³/mol. The van der Waals surface area contributed by atoms with Crippen LogP contribution in [0.3, 0.4) is 0 Å². The highest BCUT2D eigenvalue weighted by Crippen LogP contribution is 2.22. The molecule has 1 aromatic carbocycles. The van der Waals surface area contributed by atoms with Gasteiger partial charge in [0.05, 0.1) is 11.5 Å². The third-order valence-corrected chi connectivity index (χ3v) is 4.30. The highest BCUT2D eigenvalue weighted by atomic mass is 16.6. The first kappa shape index (κ1) is 17.6. The molecule has 0 fully saturated rings. The number of benzene rings is 1. The highest BCUT2D eigenvalue weighted by Gasteiger charge is 2.28. The standard InChI is InChI=1S/C17H19N5O4/c1-2-8-18-16(23)15-13-10-21(9-7-14(13)19-20-15)17(24)11-3-5-12(6-4-11)22(25)26/h3-6H,2,7-10H2,1H3,(H,18,23)(H,19,20). The maximum atomic E-state index is 12.7. The zero-order chi connectivity index (χ0) is 18.7. The Morgan fingerprint density at radius 1 is 1.35 bits per heavy atom. The predicted octanol–water partition coefficient (Wildman–Crippen LogP) is 1.66. The second-order valence-electron chi connectivity index (χ2n) is 6.07. The molecule has 0 unspecified atom stereocenters. The quantitative estimate of drug-likeness (QED) is 0.622. The van der Waals surface area contributed by atoms with Gasteiger partial charge in [-0.25, -0.2) is 0 Å². The molecule has 0 saturated heterocycles. The van der Waals surface area contributed by atoms with Gasteiger partial charge in [-0.2, -0.15) is 5.10 Å². The van der Waals surface area contributed by atoms with Gasteiger partial charge in [0.25, 0.3) is 17.5 Å². The van der Waals surface area contributed by atoms with Crippen molar-refractivity contribution >= 4 is 17.5 Å². The van der Waals surface area contributed by atoms with Crippen LogP contribution in [0.5, 0.6) is 0 Å². The normalized spacial score (nSPS) is 13.2. The Morgan fingerprint density at radius 2 is 2.08 bits per heavy atom. The van der Waals surface area contributed by atoms with E-state index in [1.807, 2.05) is 6.92 Å². The highest BCUT2D eigenvalue weighted by molar-refractivity contribution is 5.96. The first-order valence-corrected chi connectivity index (χ1v) is 8.39. The average Bonchev–Trinajstić information content (AvgIpc) is 3.08. The molecule has 26 heavy (non-hydrogen) atoms. The molecule has 9 heteroatoms. The number of nitro benzene ring substituents is 1. The number of carbonyl (C=O) groups is 2. The third kappa shape index (κ3) is 3.41. The number of hydrogen-bond donors (Lipinski definition) is 2. The van der Waals surface area contributed by atoms with E-state index >= 15 is 0 Å². The lowest BCUT2D eigenvalue weighted by Gasteiger charge is -2.27. The Hall–Kier alpha value is -3.23. The summed E-state index contributed by atoms with van der Waals surface area (Å²) in [5.74, 6) is -0.486. The lowest BCUT2D eigenvalue weighted by Crippen LogP contribution is -2.37. The Labute approximate surface area is 149 Å². The van der Waals surface area contributed by atoms with E-state index in [9.17, 15) is 19.7 Å². The smallest absolute Gasteiger partial charge is 0.272 e. The molecular formula is C17H19N5O4. The van der Waals surface area contributed by atoms with E-state index in [0.717, 1.165) is 17.7 Å². The zero-order valence-corrected chi connectivity index (χ0v) is 14.3. The van der Waals surface area contributed by atoms with Crippen LogP contribution in [-0.2, 0) is 13.0 Å². The summed E-state index contributed by atoms with van der Waals surface area (Å²) >= 11 is 0. The Balaban J connectivity index is 1.77. The number of aromatic amines is 1. The van der Waals surface area contributed by atoms with Crippen molar-refractivity contribution in [1.82, 2.24) is 20.4 Å². The van der Waals surface area contributed by atoms with Crippen LogP contribution in [0.25, 0.3) is 0 Å². The Kier molecular flexibility index (Phi) is 4.97. The topological polar surface area (TPSA) is 121 Å². The molecule has 0 radical (unpaired) electrons. The van der Waals surface area contributed by atoms with Crippen LogP contribution in [0.4, 0.5) is 5.69 Å². The minimum absolute atomic E-state index is 0.0628. The molecular weight excluding hydrogens is 338 g/mol. The van der Waals surface area contributed by atoms with E-state index in [1.54, 1.807) is 4.90 Å². The van der Waals surface area contributed by atoms with Gasteiger partial charge in [0, 0.05) is 48.5 Å². The third-order valence-electron chi connectivity index (χ3n) is 4.30. The zero-order valence-electron chi connectivity index (χ0n) is 14.3. The van der Waals surface area contributed by atoms with Gasteiger partial charge in [-0.05, 0) is 18.6 Å². The number of nitro groups is 1. The summed E-state index contributed by atoms with van der Waals surface area (Å²) in [5.41, 5.74) is 2.21. The monoisotopic (exact) mass is 357 g/mol. The molecule has 136 valence electrons. The first-order chi connectivity index (χ1) is 12.5. The molecule has 9 nitrogen and oxygen atoms in total. The Bertz CT molecular complexity index is 843.